The van der Waals surface area contributed by atoms with Crippen LogP contribution in [-0.4, -0.2) is 27.8 Å². The van der Waals surface area contributed by atoms with E-state index in [0.29, 0.717) is 18.4 Å². The van der Waals surface area contributed by atoms with E-state index in [1.165, 1.54) is 6.07 Å². The van der Waals surface area contributed by atoms with E-state index in [4.69, 9.17) is 5.11 Å². The Kier molecular flexibility index (Phi) is 3.83. The van der Waals surface area contributed by atoms with Crippen LogP contribution < -0.4 is 0 Å². The molecule has 0 radical (unpaired) electrons. The SMILES string of the molecule is CC1CC(=O)N(Cc2ccc(C(=O)O)c(F)c2)C(=O)C1. The van der Waals surface area contributed by atoms with Crippen LogP contribution in [0.25, 0.3) is 0 Å². The van der Waals surface area contributed by atoms with Crippen molar-refractivity contribution in [3.8, 4) is 0 Å². The third kappa shape index (κ3) is 2.84. The van der Waals surface area contributed by atoms with Crippen LogP contribution in [0, 0.1) is 11.7 Å². The van der Waals surface area contributed by atoms with Crippen molar-refractivity contribution in [2.45, 2.75) is 26.3 Å². The summed E-state index contributed by atoms with van der Waals surface area (Å²) in [6.45, 7) is 1.80. The molecular weight excluding hydrogens is 265 g/mol. The van der Waals surface area contributed by atoms with Crippen LogP contribution in [0.5, 0.6) is 0 Å². The van der Waals surface area contributed by atoms with Gasteiger partial charge in [0.2, 0.25) is 11.8 Å². The van der Waals surface area contributed by atoms with Crippen molar-refractivity contribution in [2.24, 2.45) is 5.92 Å². The Morgan fingerprint density at radius 3 is 2.45 bits per heavy atom. The molecule has 0 unspecified atom stereocenters. The largest absolute Gasteiger partial charge is 0.478 e. The van der Waals surface area contributed by atoms with Crippen molar-refractivity contribution in [3.05, 3.63) is 35.1 Å². The zero-order chi connectivity index (χ0) is 14.9. The van der Waals surface area contributed by atoms with E-state index in [9.17, 15) is 18.8 Å². The zero-order valence-corrected chi connectivity index (χ0v) is 10.9. The minimum atomic E-state index is -1.35. The van der Waals surface area contributed by atoms with E-state index in [0.717, 1.165) is 17.0 Å². The van der Waals surface area contributed by atoms with Gasteiger partial charge >= 0.3 is 5.97 Å². The second-order valence-corrected chi connectivity index (χ2v) is 5.01. The molecule has 20 heavy (non-hydrogen) atoms. The highest BCUT2D eigenvalue weighted by atomic mass is 19.1. The molecule has 1 aliphatic rings. The van der Waals surface area contributed by atoms with Gasteiger partial charge in [0.1, 0.15) is 5.82 Å². The third-order valence-corrected chi connectivity index (χ3v) is 3.25. The van der Waals surface area contributed by atoms with E-state index in [1.807, 2.05) is 6.92 Å². The first-order valence-corrected chi connectivity index (χ1v) is 6.23. The van der Waals surface area contributed by atoms with Gasteiger partial charge in [-0.2, -0.15) is 0 Å². The Bertz CT molecular complexity index is 567. The number of piperidine rings is 1. The van der Waals surface area contributed by atoms with Crippen molar-refractivity contribution in [2.75, 3.05) is 0 Å². The number of amides is 2. The van der Waals surface area contributed by atoms with Gasteiger partial charge in [0.05, 0.1) is 12.1 Å². The first-order valence-electron chi connectivity index (χ1n) is 6.23. The number of hydrogen-bond acceptors (Lipinski definition) is 3. The van der Waals surface area contributed by atoms with Gasteiger partial charge in [0.25, 0.3) is 0 Å². The summed E-state index contributed by atoms with van der Waals surface area (Å²) >= 11 is 0. The molecule has 0 spiro atoms. The topological polar surface area (TPSA) is 74.7 Å². The predicted molar refractivity (Wildman–Crippen MR) is 67.3 cm³/mol. The number of benzene rings is 1. The van der Waals surface area contributed by atoms with Gasteiger partial charge in [-0.25, -0.2) is 9.18 Å². The molecule has 1 saturated heterocycles. The summed E-state index contributed by atoms with van der Waals surface area (Å²) in [5, 5.41) is 8.73. The molecule has 0 aliphatic carbocycles. The van der Waals surface area contributed by atoms with E-state index in [-0.39, 0.29) is 24.3 Å². The van der Waals surface area contributed by atoms with E-state index in [2.05, 4.69) is 0 Å². The number of imide groups is 1. The summed E-state index contributed by atoms with van der Waals surface area (Å²) < 4.78 is 13.5. The van der Waals surface area contributed by atoms with Crippen LogP contribution in [0.3, 0.4) is 0 Å². The lowest BCUT2D eigenvalue weighted by atomic mass is 9.97. The molecule has 2 amide bonds. The fourth-order valence-corrected chi connectivity index (χ4v) is 2.22. The van der Waals surface area contributed by atoms with Crippen LogP contribution in [0.2, 0.25) is 0 Å². The van der Waals surface area contributed by atoms with Crippen molar-refractivity contribution < 1.29 is 23.9 Å². The monoisotopic (exact) mass is 279 g/mol. The molecule has 1 aromatic rings. The Morgan fingerprint density at radius 2 is 1.95 bits per heavy atom. The third-order valence-electron chi connectivity index (χ3n) is 3.25. The summed E-state index contributed by atoms with van der Waals surface area (Å²) in [7, 11) is 0. The van der Waals surface area contributed by atoms with Gasteiger partial charge in [0, 0.05) is 12.8 Å². The molecule has 6 heteroatoms. The molecule has 1 aliphatic heterocycles. The van der Waals surface area contributed by atoms with Crippen LogP contribution in [0.15, 0.2) is 18.2 Å². The van der Waals surface area contributed by atoms with Gasteiger partial charge < -0.3 is 5.11 Å². The number of rotatable bonds is 3. The lowest BCUT2D eigenvalue weighted by Gasteiger charge is -2.28. The second-order valence-electron chi connectivity index (χ2n) is 5.01. The van der Waals surface area contributed by atoms with Gasteiger partial charge in [-0.05, 0) is 23.6 Å². The molecule has 106 valence electrons. The lowest BCUT2D eigenvalue weighted by Crippen LogP contribution is -2.42. The summed E-state index contributed by atoms with van der Waals surface area (Å²) in [6.07, 6.45) is 0.586. The summed E-state index contributed by atoms with van der Waals surface area (Å²) in [5.74, 6) is -2.77. The Morgan fingerprint density at radius 1 is 1.35 bits per heavy atom. The average molecular weight is 279 g/mol. The molecule has 0 bridgehead atoms. The molecule has 0 aromatic heterocycles. The van der Waals surface area contributed by atoms with Crippen molar-refractivity contribution in [1.82, 2.24) is 4.90 Å². The van der Waals surface area contributed by atoms with Gasteiger partial charge in [0.15, 0.2) is 0 Å². The van der Waals surface area contributed by atoms with Gasteiger partial charge in [-0.1, -0.05) is 13.0 Å². The maximum Gasteiger partial charge on any atom is 0.338 e. The number of hydrogen-bond donors (Lipinski definition) is 1. The molecule has 1 fully saturated rings. The normalized spacial score (nSPS) is 16.6. The molecule has 2 rings (SSSR count). The first-order chi connectivity index (χ1) is 9.38. The molecule has 1 N–H and O–H groups in total. The number of carboxylic acid groups (broad SMARTS) is 1. The Balaban J connectivity index is 2.18. The average Bonchev–Trinajstić information content (AvgIpc) is 2.33. The molecule has 0 atom stereocenters. The Hall–Kier alpha value is -2.24. The second kappa shape index (κ2) is 5.40. The summed E-state index contributed by atoms with van der Waals surface area (Å²) in [6, 6.07) is 3.59. The number of halogens is 1. The maximum atomic E-state index is 13.5. The summed E-state index contributed by atoms with van der Waals surface area (Å²) in [5.41, 5.74) is -0.0394. The number of aromatic carboxylic acids is 1. The van der Waals surface area contributed by atoms with E-state index < -0.39 is 17.3 Å². The Labute approximate surface area is 115 Å². The number of likely N-dealkylation sites (tertiary alicyclic amines) is 1. The zero-order valence-electron chi connectivity index (χ0n) is 10.9. The number of carboxylic acids is 1. The van der Waals surface area contributed by atoms with E-state index >= 15 is 0 Å². The van der Waals surface area contributed by atoms with E-state index in [1.54, 1.807) is 0 Å². The van der Waals surface area contributed by atoms with Crippen LogP contribution >= 0.6 is 0 Å². The van der Waals surface area contributed by atoms with Crippen molar-refractivity contribution >= 4 is 17.8 Å². The highest BCUT2D eigenvalue weighted by Crippen LogP contribution is 2.21. The lowest BCUT2D eigenvalue weighted by molar-refractivity contribution is -0.150. The number of nitrogens with zero attached hydrogens (tertiary/aromatic N) is 1. The van der Waals surface area contributed by atoms with Gasteiger partial charge in [-0.3, -0.25) is 14.5 Å². The van der Waals surface area contributed by atoms with Crippen LogP contribution in [0.4, 0.5) is 4.39 Å². The smallest absolute Gasteiger partial charge is 0.338 e. The van der Waals surface area contributed by atoms with Crippen molar-refractivity contribution in [3.63, 3.8) is 0 Å². The predicted octanol–water partition coefficient (Wildman–Crippen LogP) is 1.81. The van der Waals surface area contributed by atoms with Gasteiger partial charge in [-0.15, -0.1) is 0 Å². The number of carbonyl (C=O) groups is 3. The maximum absolute atomic E-state index is 13.5. The fourth-order valence-electron chi connectivity index (χ4n) is 2.22. The quantitative estimate of drug-likeness (QED) is 0.856. The molecule has 0 saturated carbocycles. The summed E-state index contributed by atoms with van der Waals surface area (Å²) in [4.78, 5) is 35.4. The highest BCUT2D eigenvalue weighted by Gasteiger charge is 2.30. The minimum absolute atomic E-state index is 0.0253. The van der Waals surface area contributed by atoms with Crippen LogP contribution in [0.1, 0.15) is 35.7 Å². The van der Waals surface area contributed by atoms with Crippen LogP contribution in [-0.2, 0) is 16.1 Å². The molecule has 5 nitrogen and oxygen atoms in total. The molecular formula is C14H14FNO4. The standard InChI is InChI=1S/C14H14FNO4/c1-8-4-12(17)16(13(18)5-8)7-9-2-3-10(14(19)20)11(15)6-9/h2-3,6,8H,4-5,7H2,1H3,(H,19,20). The highest BCUT2D eigenvalue weighted by molar-refractivity contribution is 5.97. The molecule has 1 aromatic carbocycles. The minimum Gasteiger partial charge on any atom is -0.478 e. The number of carbonyl (C=O) groups excluding carboxylic acids is 2. The fraction of sp³-hybridized carbons (Fsp3) is 0.357. The first kappa shape index (κ1) is 14.2. The van der Waals surface area contributed by atoms with Crippen molar-refractivity contribution in [1.29, 1.82) is 0 Å². The molecule has 1 heterocycles.